The molecule has 0 saturated heterocycles. The largest absolute Gasteiger partial charge is 0.382 e. The molecule has 6 heteroatoms. The summed E-state index contributed by atoms with van der Waals surface area (Å²) in [6.07, 6.45) is 0.929. The Hall–Kier alpha value is -1.30. The van der Waals surface area contributed by atoms with Gasteiger partial charge in [0.05, 0.1) is 0 Å². The Balaban J connectivity index is 2.62. The molecular weight excluding hydrogens is 248 g/mol. The van der Waals surface area contributed by atoms with Gasteiger partial charge in [-0.15, -0.1) is 0 Å². The number of nitrogens with zero attached hydrogens (tertiary/aromatic N) is 2. The summed E-state index contributed by atoms with van der Waals surface area (Å²) in [5, 5.41) is 3.63. The van der Waals surface area contributed by atoms with E-state index in [2.05, 4.69) is 31.1 Å². The van der Waals surface area contributed by atoms with E-state index in [4.69, 9.17) is 5.73 Å². The molecule has 1 rings (SSSR count). The second-order valence-electron chi connectivity index (χ2n) is 5.67. The molecule has 0 saturated carbocycles. The molecule has 0 bridgehead atoms. The normalized spacial score (nSPS) is 11.4. The minimum Gasteiger partial charge on any atom is -0.382 e. The number of amides is 1. The second-order valence-corrected chi connectivity index (χ2v) is 6.65. The van der Waals surface area contributed by atoms with Gasteiger partial charge in [0.1, 0.15) is 10.7 Å². The van der Waals surface area contributed by atoms with Crippen molar-refractivity contribution in [3.8, 4) is 0 Å². The Bertz CT molecular complexity index is 420. The molecule has 0 radical (unpaired) electrons. The lowest BCUT2D eigenvalue weighted by Gasteiger charge is -2.17. The third-order valence-corrected chi connectivity index (χ3v) is 3.63. The molecule has 0 spiro atoms. The Labute approximate surface area is 112 Å². The summed E-state index contributed by atoms with van der Waals surface area (Å²) in [7, 11) is 3.75. The first-order valence-corrected chi connectivity index (χ1v) is 6.74. The van der Waals surface area contributed by atoms with E-state index in [0.29, 0.717) is 17.2 Å². The molecule has 18 heavy (non-hydrogen) atoms. The summed E-state index contributed by atoms with van der Waals surface area (Å²) in [6.45, 7) is 7.08. The first-order chi connectivity index (χ1) is 8.20. The van der Waals surface area contributed by atoms with Crippen LogP contribution in [-0.2, 0) is 0 Å². The molecule has 0 atom stereocenters. The highest BCUT2D eigenvalue weighted by atomic mass is 32.1. The molecule has 102 valence electrons. The number of hydrogen-bond acceptors (Lipinski definition) is 5. The molecule has 3 N–H and O–H groups in total. The maximum Gasteiger partial charge on any atom is 0.265 e. The molecule has 0 fully saturated rings. The predicted octanol–water partition coefficient (Wildman–Crippen LogP) is 1.96. The number of carbonyl (C=O) groups excluding carboxylic acids is 1. The average molecular weight is 270 g/mol. The van der Waals surface area contributed by atoms with Crippen LogP contribution in [0.4, 0.5) is 10.9 Å². The summed E-state index contributed by atoms with van der Waals surface area (Å²) in [5.41, 5.74) is 5.96. The maximum atomic E-state index is 11.9. The molecule has 1 aromatic rings. The smallest absolute Gasteiger partial charge is 0.265 e. The molecule has 0 unspecified atom stereocenters. The number of nitrogens with two attached hydrogens (primary N) is 1. The SMILES string of the molecule is CN(C)c1nc(N)c(C(=O)NCCC(C)(C)C)s1. The predicted molar refractivity (Wildman–Crippen MR) is 77.3 cm³/mol. The molecular formula is C12H22N4OS. The molecule has 0 aliphatic carbocycles. The molecule has 5 nitrogen and oxygen atoms in total. The van der Waals surface area contributed by atoms with Crippen molar-refractivity contribution in [2.75, 3.05) is 31.3 Å². The fraction of sp³-hybridized carbons (Fsp3) is 0.667. The van der Waals surface area contributed by atoms with Crippen LogP contribution in [0.15, 0.2) is 0 Å². The van der Waals surface area contributed by atoms with Gasteiger partial charge in [-0.05, 0) is 11.8 Å². The van der Waals surface area contributed by atoms with Gasteiger partial charge < -0.3 is 16.0 Å². The van der Waals surface area contributed by atoms with Crippen molar-refractivity contribution in [3.63, 3.8) is 0 Å². The molecule has 0 aromatic carbocycles. The monoisotopic (exact) mass is 270 g/mol. The van der Waals surface area contributed by atoms with Crippen LogP contribution in [0.3, 0.4) is 0 Å². The highest BCUT2D eigenvalue weighted by Gasteiger charge is 2.17. The van der Waals surface area contributed by atoms with Crippen LogP contribution in [-0.4, -0.2) is 31.5 Å². The number of rotatable bonds is 4. The third-order valence-electron chi connectivity index (χ3n) is 2.39. The Morgan fingerprint density at radius 3 is 2.50 bits per heavy atom. The van der Waals surface area contributed by atoms with Gasteiger partial charge in [0.15, 0.2) is 5.13 Å². The van der Waals surface area contributed by atoms with Gasteiger partial charge in [-0.2, -0.15) is 0 Å². The summed E-state index contributed by atoms with van der Waals surface area (Å²) in [5.74, 6) is 0.166. The summed E-state index contributed by atoms with van der Waals surface area (Å²) in [4.78, 5) is 18.4. The fourth-order valence-electron chi connectivity index (χ4n) is 1.31. The first-order valence-electron chi connectivity index (χ1n) is 5.92. The van der Waals surface area contributed by atoms with E-state index in [1.807, 2.05) is 19.0 Å². The number of anilines is 2. The zero-order chi connectivity index (χ0) is 13.9. The van der Waals surface area contributed by atoms with E-state index in [-0.39, 0.29) is 11.3 Å². The lowest BCUT2D eigenvalue weighted by molar-refractivity contribution is 0.0954. The Morgan fingerprint density at radius 2 is 2.06 bits per heavy atom. The number of hydrogen-bond donors (Lipinski definition) is 2. The second kappa shape index (κ2) is 5.56. The number of nitrogen functional groups attached to an aromatic ring is 1. The number of aromatic nitrogens is 1. The Morgan fingerprint density at radius 1 is 1.44 bits per heavy atom. The van der Waals surface area contributed by atoms with E-state index in [9.17, 15) is 4.79 Å². The van der Waals surface area contributed by atoms with E-state index >= 15 is 0 Å². The molecule has 1 amide bonds. The lowest BCUT2D eigenvalue weighted by Crippen LogP contribution is -2.27. The highest BCUT2D eigenvalue weighted by Crippen LogP contribution is 2.26. The summed E-state index contributed by atoms with van der Waals surface area (Å²) in [6, 6.07) is 0. The van der Waals surface area contributed by atoms with E-state index in [0.717, 1.165) is 11.6 Å². The van der Waals surface area contributed by atoms with Crippen molar-refractivity contribution >= 4 is 28.2 Å². The van der Waals surface area contributed by atoms with Gasteiger partial charge in [0.2, 0.25) is 0 Å². The van der Waals surface area contributed by atoms with E-state index in [1.54, 1.807) is 0 Å². The zero-order valence-corrected chi connectivity index (χ0v) is 12.5. The van der Waals surface area contributed by atoms with Gasteiger partial charge in [-0.3, -0.25) is 4.79 Å². The Kier molecular flexibility index (Phi) is 4.56. The lowest BCUT2D eigenvalue weighted by atomic mass is 9.92. The van der Waals surface area contributed by atoms with Crippen molar-refractivity contribution in [2.45, 2.75) is 27.2 Å². The van der Waals surface area contributed by atoms with Crippen LogP contribution in [0.1, 0.15) is 36.9 Å². The molecule has 0 aliphatic heterocycles. The van der Waals surface area contributed by atoms with Crippen LogP contribution in [0.2, 0.25) is 0 Å². The van der Waals surface area contributed by atoms with Crippen molar-refractivity contribution in [3.05, 3.63) is 4.88 Å². The topological polar surface area (TPSA) is 71.2 Å². The number of thiazole rings is 1. The average Bonchev–Trinajstić information content (AvgIpc) is 2.58. The quantitative estimate of drug-likeness (QED) is 0.877. The van der Waals surface area contributed by atoms with Crippen LogP contribution in [0, 0.1) is 5.41 Å². The van der Waals surface area contributed by atoms with Gasteiger partial charge >= 0.3 is 0 Å². The third kappa shape index (κ3) is 4.18. The molecule has 0 aliphatic rings. The van der Waals surface area contributed by atoms with Crippen molar-refractivity contribution in [1.82, 2.24) is 10.3 Å². The van der Waals surface area contributed by atoms with Crippen LogP contribution in [0.5, 0.6) is 0 Å². The van der Waals surface area contributed by atoms with Gasteiger partial charge in [0, 0.05) is 20.6 Å². The molecule has 1 heterocycles. The van der Waals surface area contributed by atoms with Crippen LogP contribution < -0.4 is 16.0 Å². The van der Waals surface area contributed by atoms with Crippen LogP contribution >= 0.6 is 11.3 Å². The van der Waals surface area contributed by atoms with Crippen molar-refractivity contribution in [1.29, 1.82) is 0 Å². The zero-order valence-electron chi connectivity index (χ0n) is 11.7. The first kappa shape index (κ1) is 14.8. The van der Waals surface area contributed by atoms with Crippen LogP contribution in [0.25, 0.3) is 0 Å². The van der Waals surface area contributed by atoms with Gasteiger partial charge in [-0.25, -0.2) is 4.98 Å². The van der Waals surface area contributed by atoms with Crippen molar-refractivity contribution in [2.24, 2.45) is 5.41 Å². The summed E-state index contributed by atoms with van der Waals surface area (Å²) < 4.78 is 0. The number of nitrogens with one attached hydrogen (secondary N) is 1. The minimum absolute atomic E-state index is 0.137. The minimum atomic E-state index is -0.137. The van der Waals surface area contributed by atoms with Crippen molar-refractivity contribution < 1.29 is 4.79 Å². The molecule has 1 aromatic heterocycles. The summed E-state index contributed by atoms with van der Waals surface area (Å²) >= 11 is 1.31. The standard InChI is InChI=1S/C12H22N4OS/c1-12(2,3)6-7-14-10(17)8-9(13)15-11(18-8)16(4)5/h6-7,13H2,1-5H3,(H,14,17). The number of carbonyl (C=O) groups is 1. The van der Waals surface area contributed by atoms with Gasteiger partial charge in [-0.1, -0.05) is 32.1 Å². The highest BCUT2D eigenvalue weighted by molar-refractivity contribution is 7.18. The van der Waals surface area contributed by atoms with E-state index in [1.165, 1.54) is 11.3 Å². The fourth-order valence-corrected chi connectivity index (χ4v) is 2.13. The van der Waals surface area contributed by atoms with E-state index < -0.39 is 0 Å². The maximum absolute atomic E-state index is 11.9. The van der Waals surface area contributed by atoms with Gasteiger partial charge in [0.25, 0.3) is 5.91 Å².